The molecule has 5 aliphatic rings. The van der Waals surface area contributed by atoms with Gasteiger partial charge in [0.2, 0.25) is 0 Å². The number of fused-ring (bicyclic) bond motifs is 4. The molecule has 5 rings (SSSR count). The Morgan fingerprint density at radius 1 is 0.600 bits per heavy atom. The molecule has 0 spiro atoms. The van der Waals surface area contributed by atoms with Gasteiger partial charge in [0.05, 0.1) is 42.5 Å². The smallest absolute Gasteiger partial charge is 0.311 e. The first-order valence-electron chi connectivity index (χ1n) is 23.9. The summed E-state index contributed by atoms with van der Waals surface area (Å²) in [5, 5.41) is 88.9. The largest absolute Gasteiger partial charge is 0.455 e. The molecular weight excluding hydrogens is 860 g/mol. The lowest BCUT2D eigenvalue weighted by Gasteiger charge is -2.50. The molecule has 0 amide bonds. The fourth-order valence-corrected chi connectivity index (χ4v) is 8.86. The van der Waals surface area contributed by atoms with Crippen LogP contribution in [0.3, 0.4) is 0 Å². The van der Waals surface area contributed by atoms with Crippen molar-refractivity contribution in [2.24, 2.45) is 5.92 Å². The molecule has 5 fully saturated rings. The van der Waals surface area contributed by atoms with E-state index in [0.717, 1.165) is 57.8 Å². The standard InChI is InChI=1S/C45H78O20/c1-8-9-15-18-27-19-16-13-11-10-12-14-17-20-28(47)61-39-36(62-41(55)21(2)22(3)46)31(50)25(6)58-44(39)63-37-32(51)26(7)59-45(64-38-34(53)30(49)24(5)57-43(38)60-27)40(37)65-42-35(54)33(52)29(48)23(4)56-42/h21-27,29-40,42-46,48-54H,8-20H2,1-7H3/t21-,22+,23+,24+,25-,26+,27+,29-,30+,31+,32+,33-,34+,35-,36+,37+,38+,39-,40-,42-,43-,44+,45-/m1/s1. The zero-order valence-electron chi connectivity index (χ0n) is 38.9. The van der Waals surface area contributed by atoms with Gasteiger partial charge in [-0.3, -0.25) is 9.59 Å². The quantitative estimate of drug-likeness (QED) is 0.118. The van der Waals surface area contributed by atoms with Gasteiger partial charge in [-0.2, -0.15) is 0 Å². The summed E-state index contributed by atoms with van der Waals surface area (Å²) in [5.74, 6) is -2.67. The molecule has 5 saturated heterocycles. The Morgan fingerprint density at radius 3 is 1.82 bits per heavy atom. The molecule has 8 N–H and O–H groups in total. The van der Waals surface area contributed by atoms with Crippen LogP contribution in [0.25, 0.3) is 0 Å². The lowest BCUT2D eigenvalue weighted by Crippen LogP contribution is -2.68. The van der Waals surface area contributed by atoms with Gasteiger partial charge < -0.3 is 88.2 Å². The number of aliphatic hydroxyl groups excluding tert-OH is 8. The van der Waals surface area contributed by atoms with E-state index in [2.05, 4.69) is 6.92 Å². The Hall–Kier alpha value is -1.70. The minimum Gasteiger partial charge on any atom is -0.455 e. The van der Waals surface area contributed by atoms with Crippen molar-refractivity contribution in [3.8, 4) is 0 Å². The first-order valence-corrected chi connectivity index (χ1v) is 23.9. The summed E-state index contributed by atoms with van der Waals surface area (Å²) >= 11 is 0. The molecular formula is C45H78O20. The SMILES string of the molecule is CCCCC[C@H]1CCCCCCCCCC(=O)O[C@H]2[C@H](O[C@H]3[C@@H](O)[C@H](C)O[C@H](O[C@@H]4[C@@H](O1)O[C@@H](C)[C@H](O)[C@@H]4O)[C@@H]3O[C@H]1O[C@@H](C)[C@@H](O)[C@@H](O)[C@H]1O)O[C@H](C)[C@H](O)[C@@H]2OC(=O)[C@H](C)[C@H](C)O. The third-order valence-corrected chi connectivity index (χ3v) is 13.5. The molecule has 0 radical (unpaired) electrons. The number of aliphatic hydroxyl groups is 8. The van der Waals surface area contributed by atoms with E-state index in [1.807, 2.05) is 0 Å². The Morgan fingerprint density at radius 2 is 1.15 bits per heavy atom. The summed E-state index contributed by atoms with van der Waals surface area (Å²) in [6, 6.07) is 0. The molecule has 0 unspecified atom stereocenters. The van der Waals surface area contributed by atoms with Gasteiger partial charge in [0.15, 0.2) is 37.4 Å². The molecule has 5 aliphatic heterocycles. The van der Waals surface area contributed by atoms with E-state index < -0.39 is 147 Å². The van der Waals surface area contributed by atoms with Crippen LogP contribution in [0.4, 0.5) is 0 Å². The molecule has 23 atom stereocenters. The monoisotopic (exact) mass is 939 g/mol. The molecule has 0 aromatic heterocycles. The van der Waals surface area contributed by atoms with E-state index in [1.54, 1.807) is 6.92 Å². The zero-order chi connectivity index (χ0) is 47.7. The molecule has 20 heteroatoms. The molecule has 20 nitrogen and oxygen atoms in total. The number of ether oxygens (including phenoxy) is 10. The second-order valence-electron chi connectivity index (χ2n) is 18.7. The Bertz CT molecular complexity index is 1440. The van der Waals surface area contributed by atoms with Gasteiger partial charge in [0, 0.05) is 6.42 Å². The third kappa shape index (κ3) is 14.0. The Kier molecular flexibility index (Phi) is 21.1. The topological polar surface area (TPSA) is 288 Å². The van der Waals surface area contributed by atoms with Gasteiger partial charge in [-0.05, 0) is 60.8 Å². The first-order chi connectivity index (χ1) is 30.8. The highest BCUT2D eigenvalue weighted by Gasteiger charge is 2.57. The number of esters is 2. The molecule has 0 saturated carbocycles. The van der Waals surface area contributed by atoms with Crippen molar-refractivity contribution >= 4 is 11.9 Å². The van der Waals surface area contributed by atoms with Crippen molar-refractivity contribution in [3.05, 3.63) is 0 Å². The fraction of sp³-hybridized carbons (Fsp3) is 0.956. The van der Waals surface area contributed by atoms with E-state index in [9.17, 15) is 50.4 Å². The lowest BCUT2D eigenvalue weighted by molar-refractivity contribution is -0.406. The van der Waals surface area contributed by atoms with Gasteiger partial charge in [0.1, 0.15) is 61.0 Å². The second-order valence-corrected chi connectivity index (χ2v) is 18.7. The van der Waals surface area contributed by atoms with E-state index >= 15 is 0 Å². The summed E-state index contributed by atoms with van der Waals surface area (Å²) in [7, 11) is 0. The van der Waals surface area contributed by atoms with Gasteiger partial charge in [-0.1, -0.05) is 64.7 Å². The number of carbonyl (C=O) groups is 2. The van der Waals surface area contributed by atoms with Gasteiger partial charge in [0.25, 0.3) is 0 Å². The van der Waals surface area contributed by atoms with E-state index in [4.69, 9.17) is 47.4 Å². The molecule has 378 valence electrons. The van der Waals surface area contributed by atoms with E-state index in [0.29, 0.717) is 19.3 Å². The van der Waals surface area contributed by atoms with Crippen molar-refractivity contribution in [1.29, 1.82) is 0 Å². The number of hydrogen-bond donors (Lipinski definition) is 8. The summed E-state index contributed by atoms with van der Waals surface area (Å²) < 4.78 is 62.1. The van der Waals surface area contributed by atoms with Crippen molar-refractivity contribution in [1.82, 2.24) is 0 Å². The van der Waals surface area contributed by atoms with Crippen LogP contribution in [0, 0.1) is 5.92 Å². The Balaban J connectivity index is 1.58. The number of rotatable bonds is 9. The van der Waals surface area contributed by atoms with Crippen LogP contribution < -0.4 is 0 Å². The predicted molar refractivity (Wildman–Crippen MR) is 225 cm³/mol. The van der Waals surface area contributed by atoms with Gasteiger partial charge >= 0.3 is 11.9 Å². The highest BCUT2D eigenvalue weighted by atomic mass is 16.8. The van der Waals surface area contributed by atoms with Gasteiger partial charge in [-0.15, -0.1) is 0 Å². The van der Waals surface area contributed by atoms with Crippen molar-refractivity contribution in [3.63, 3.8) is 0 Å². The number of carbonyl (C=O) groups excluding carboxylic acids is 2. The summed E-state index contributed by atoms with van der Waals surface area (Å²) in [5.41, 5.74) is 0. The van der Waals surface area contributed by atoms with Crippen molar-refractivity contribution in [2.75, 3.05) is 0 Å². The van der Waals surface area contributed by atoms with Crippen molar-refractivity contribution in [2.45, 2.75) is 267 Å². The van der Waals surface area contributed by atoms with Crippen LogP contribution in [0.15, 0.2) is 0 Å². The van der Waals surface area contributed by atoms with Crippen LogP contribution in [-0.2, 0) is 57.0 Å². The number of hydrogen-bond acceptors (Lipinski definition) is 20. The highest BCUT2D eigenvalue weighted by molar-refractivity contribution is 5.73. The zero-order valence-corrected chi connectivity index (χ0v) is 38.9. The average Bonchev–Trinajstić information content (AvgIpc) is 3.26. The van der Waals surface area contributed by atoms with Gasteiger partial charge in [-0.25, -0.2) is 0 Å². The maximum absolute atomic E-state index is 13.6. The molecule has 0 aromatic rings. The summed E-state index contributed by atoms with van der Waals surface area (Å²) in [6.45, 7) is 10.9. The van der Waals surface area contributed by atoms with Crippen molar-refractivity contribution < 1.29 is 97.8 Å². The third-order valence-electron chi connectivity index (χ3n) is 13.5. The second kappa shape index (κ2) is 25.2. The van der Waals surface area contributed by atoms with Crippen LogP contribution in [0.1, 0.15) is 132 Å². The molecule has 5 heterocycles. The lowest BCUT2D eigenvalue weighted by atomic mass is 9.95. The van der Waals surface area contributed by atoms with Crippen LogP contribution in [-0.4, -0.2) is 188 Å². The minimum atomic E-state index is -1.87. The van der Waals surface area contributed by atoms with E-state index in [1.165, 1.54) is 34.6 Å². The maximum atomic E-state index is 13.6. The first kappa shape index (κ1) is 54.2. The van der Waals surface area contributed by atoms with Crippen LogP contribution in [0.2, 0.25) is 0 Å². The molecule has 0 aromatic carbocycles. The average molecular weight is 939 g/mol. The Labute approximate surface area is 382 Å². The van der Waals surface area contributed by atoms with Crippen LogP contribution >= 0.6 is 0 Å². The molecule has 2 bridgehead atoms. The fourth-order valence-electron chi connectivity index (χ4n) is 8.86. The highest BCUT2D eigenvalue weighted by Crippen LogP contribution is 2.38. The van der Waals surface area contributed by atoms with Crippen LogP contribution in [0.5, 0.6) is 0 Å². The molecule has 0 aliphatic carbocycles. The predicted octanol–water partition coefficient (Wildman–Crippen LogP) is 0.978. The minimum absolute atomic E-state index is 0.0321. The summed E-state index contributed by atoms with van der Waals surface area (Å²) in [6.07, 6.45) is -21.6. The normalized spacial score (nSPS) is 45.3. The summed E-state index contributed by atoms with van der Waals surface area (Å²) in [4.78, 5) is 26.9. The molecule has 65 heavy (non-hydrogen) atoms. The number of unbranched alkanes of at least 4 members (excludes halogenated alkanes) is 2. The van der Waals surface area contributed by atoms with E-state index in [-0.39, 0.29) is 12.5 Å². The maximum Gasteiger partial charge on any atom is 0.311 e.